The summed E-state index contributed by atoms with van der Waals surface area (Å²) in [5.41, 5.74) is 5.29. The van der Waals surface area contributed by atoms with Crippen LogP contribution in [0.4, 0.5) is 5.82 Å². The molecule has 9 heteroatoms. The topological polar surface area (TPSA) is 108 Å². The predicted molar refractivity (Wildman–Crippen MR) is 105 cm³/mol. The number of H-pyrrole nitrogens is 2. The monoisotopic (exact) mass is 450 g/mol. The minimum atomic E-state index is -0.666. The third-order valence-electron chi connectivity index (χ3n) is 3.64. The maximum atomic E-state index is 11.5. The van der Waals surface area contributed by atoms with Crippen LogP contribution < -0.4 is 16.7 Å². The SMILES string of the molecule is Cc1cc(/C=N/Nc2n[nH]c(=O)[nH]c2=O)c(C)n1-c1ccc(I)cc1. The van der Waals surface area contributed by atoms with Gasteiger partial charge in [-0.1, -0.05) is 0 Å². The van der Waals surface area contributed by atoms with Gasteiger partial charge in [0.2, 0.25) is 5.82 Å². The molecular weight excluding hydrogens is 435 g/mol. The van der Waals surface area contributed by atoms with E-state index in [0.29, 0.717) is 0 Å². The van der Waals surface area contributed by atoms with Crippen molar-refractivity contribution in [3.63, 3.8) is 0 Å². The Morgan fingerprint density at radius 1 is 1.24 bits per heavy atom. The second-order valence-electron chi connectivity index (χ2n) is 5.36. The number of nitrogens with zero attached hydrogens (tertiary/aromatic N) is 3. The molecule has 8 nitrogen and oxygen atoms in total. The van der Waals surface area contributed by atoms with E-state index in [1.807, 2.05) is 19.9 Å². The molecule has 0 spiro atoms. The molecule has 2 aromatic heterocycles. The van der Waals surface area contributed by atoms with Crippen molar-refractivity contribution in [1.82, 2.24) is 19.7 Å². The van der Waals surface area contributed by atoms with Gasteiger partial charge in [-0.15, -0.1) is 5.10 Å². The summed E-state index contributed by atoms with van der Waals surface area (Å²) in [6, 6.07) is 10.2. The molecule has 0 aliphatic carbocycles. The van der Waals surface area contributed by atoms with Crippen LogP contribution in [-0.2, 0) is 0 Å². The molecule has 0 unspecified atom stereocenters. The molecule has 0 aliphatic heterocycles. The van der Waals surface area contributed by atoms with Crippen LogP contribution in [0.1, 0.15) is 17.0 Å². The second kappa shape index (κ2) is 7.05. The Balaban J connectivity index is 1.86. The number of aromatic amines is 2. The summed E-state index contributed by atoms with van der Waals surface area (Å²) in [6.07, 6.45) is 1.61. The number of hydrazone groups is 1. The maximum absolute atomic E-state index is 11.5. The molecule has 0 amide bonds. The third kappa shape index (κ3) is 3.71. The van der Waals surface area contributed by atoms with Crippen molar-refractivity contribution in [2.45, 2.75) is 13.8 Å². The standard InChI is InChI=1S/C16H15IN6O2/c1-9-7-11(8-18-20-14-15(24)19-16(25)22-21-14)10(2)23(9)13-5-3-12(17)4-6-13/h3-8H,1-2H3,(H,20,21)(H2,19,22,24,25)/b18-8+. The van der Waals surface area contributed by atoms with Gasteiger partial charge in [-0.25, -0.2) is 9.89 Å². The lowest BCUT2D eigenvalue weighted by molar-refractivity contribution is 0.890. The summed E-state index contributed by atoms with van der Waals surface area (Å²) in [5.74, 6) is -0.0812. The molecule has 3 rings (SSSR count). The zero-order chi connectivity index (χ0) is 18.0. The Morgan fingerprint density at radius 2 is 1.96 bits per heavy atom. The molecule has 2 heterocycles. The predicted octanol–water partition coefficient (Wildman–Crippen LogP) is 1.92. The first-order chi connectivity index (χ1) is 12.0. The second-order valence-corrected chi connectivity index (χ2v) is 6.61. The molecule has 128 valence electrons. The quantitative estimate of drug-likeness (QED) is 0.321. The Bertz CT molecular complexity index is 1050. The fraction of sp³-hybridized carbons (Fsp3) is 0.125. The summed E-state index contributed by atoms with van der Waals surface area (Å²) in [7, 11) is 0. The summed E-state index contributed by atoms with van der Waals surface area (Å²) in [4.78, 5) is 24.5. The Morgan fingerprint density at radius 3 is 2.64 bits per heavy atom. The zero-order valence-electron chi connectivity index (χ0n) is 13.5. The van der Waals surface area contributed by atoms with E-state index in [-0.39, 0.29) is 5.82 Å². The molecule has 25 heavy (non-hydrogen) atoms. The van der Waals surface area contributed by atoms with E-state index < -0.39 is 11.2 Å². The van der Waals surface area contributed by atoms with Crippen LogP contribution in [0.3, 0.4) is 0 Å². The van der Waals surface area contributed by atoms with Gasteiger partial charge in [0, 0.05) is 26.2 Å². The highest BCUT2D eigenvalue weighted by Crippen LogP contribution is 2.20. The van der Waals surface area contributed by atoms with Gasteiger partial charge in [-0.05, 0) is 66.8 Å². The van der Waals surface area contributed by atoms with E-state index in [1.165, 1.54) is 3.57 Å². The largest absolute Gasteiger partial charge is 0.342 e. The van der Waals surface area contributed by atoms with E-state index in [1.54, 1.807) is 6.21 Å². The van der Waals surface area contributed by atoms with Crippen LogP contribution >= 0.6 is 22.6 Å². The van der Waals surface area contributed by atoms with Gasteiger partial charge in [-0.2, -0.15) is 5.10 Å². The number of aryl methyl sites for hydroxylation is 1. The first kappa shape index (κ1) is 17.1. The molecule has 0 saturated heterocycles. The molecule has 0 saturated carbocycles. The van der Waals surface area contributed by atoms with E-state index in [0.717, 1.165) is 22.6 Å². The fourth-order valence-corrected chi connectivity index (χ4v) is 2.85. The van der Waals surface area contributed by atoms with Crippen molar-refractivity contribution in [3.8, 4) is 5.69 Å². The van der Waals surface area contributed by atoms with Crippen molar-refractivity contribution < 1.29 is 0 Å². The summed E-state index contributed by atoms with van der Waals surface area (Å²) < 4.78 is 3.30. The summed E-state index contributed by atoms with van der Waals surface area (Å²) >= 11 is 2.27. The normalized spacial score (nSPS) is 11.2. The number of hydrogen-bond acceptors (Lipinski definition) is 5. The number of aromatic nitrogens is 4. The number of nitrogens with one attached hydrogen (secondary N) is 3. The van der Waals surface area contributed by atoms with Gasteiger partial charge in [-0.3, -0.25) is 15.2 Å². The number of hydrogen-bond donors (Lipinski definition) is 3. The van der Waals surface area contributed by atoms with Crippen LogP contribution in [0, 0.1) is 17.4 Å². The maximum Gasteiger partial charge on any atom is 0.342 e. The highest BCUT2D eigenvalue weighted by molar-refractivity contribution is 14.1. The van der Waals surface area contributed by atoms with Gasteiger partial charge < -0.3 is 4.57 Å². The van der Waals surface area contributed by atoms with Crippen LogP contribution in [0.25, 0.3) is 5.69 Å². The number of rotatable bonds is 4. The molecular formula is C16H15IN6O2. The highest BCUT2D eigenvalue weighted by Gasteiger charge is 2.09. The van der Waals surface area contributed by atoms with Crippen molar-refractivity contribution in [2.24, 2.45) is 5.10 Å². The zero-order valence-corrected chi connectivity index (χ0v) is 15.7. The van der Waals surface area contributed by atoms with Crippen molar-refractivity contribution in [2.75, 3.05) is 5.43 Å². The first-order valence-electron chi connectivity index (χ1n) is 7.38. The van der Waals surface area contributed by atoms with E-state index in [4.69, 9.17) is 0 Å². The first-order valence-corrected chi connectivity index (χ1v) is 8.46. The highest BCUT2D eigenvalue weighted by atomic mass is 127. The molecule has 3 N–H and O–H groups in total. The van der Waals surface area contributed by atoms with Crippen molar-refractivity contribution >= 4 is 34.6 Å². The van der Waals surface area contributed by atoms with Gasteiger partial charge in [0.05, 0.1) is 6.21 Å². The molecule has 0 radical (unpaired) electrons. The molecule has 0 atom stereocenters. The number of halogens is 1. The van der Waals surface area contributed by atoms with Crippen molar-refractivity contribution in [3.05, 3.63) is 71.7 Å². The molecule has 0 fully saturated rings. The molecule has 0 bridgehead atoms. The lowest BCUT2D eigenvalue weighted by atomic mass is 10.2. The lowest BCUT2D eigenvalue weighted by Gasteiger charge is -2.09. The van der Waals surface area contributed by atoms with Gasteiger partial charge in [0.1, 0.15) is 0 Å². The van der Waals surface area contributed by atoms with E-state index in [9.17, 15) is 9.59 Å². The van der Waals surface area contributed by atoms with Crippen LogP contribution in [0.5, 0.6) is 0 Å². The van der Waals surface area contributed by atoms with Crippen LogP contribution in [0.2, 0.25) is 0 Å². The smallest absolute Gasteiger partial charge is 0.318 e. The Labute approximate surface area is 156 Å². The van der Waals surface area contributed by atoms with Gasteiger partial charge in [0.15, 0.2) is 0 Å². The van der Waals surface area contributed by atoms with Gasteiger partial charge in [0.25, 0.3) is 5.56 Å². The van der Waals surface area contributed by atoms with Gasteiger partial charge >= 0.3 is 5.69 Å². The van der Waals surface area contributed by atoms with E-state index >= 15 is 0 Å². The molecule has 3 aromatic rings. The van der Waals surface area contributed by atoms with E-state index in [2.05, 4.69) is 77.1 Å². The molecule has 1 aromatic carbocycles. The van der Waals surface area contributed by atoms with Crippen molar-refractivity contribution in [1.29, 1.82) is 0 Å². The number of anilines is 1. The van der Waals surface area contributed by atoms with Crippen LogP contribution in [-0.4, -0.2) is 26.0 Å². The number of benzene rings is 1. The summed E-state index contributed by atoms with van der Waals surface area (Å²) in [5, 5.41) is 9.77. The average molecular weight is 450 g/mol. The summed E-state index contributed by atoms with van der Waals surface area (Å²) in [6.45, 7) is 4.02. The molecule has 0 aliphatic rings. The van der Waals surface area contributed by atoms with Crippen LogP contribution in [0.15, 0.2) is 45.0 Å². The Kier molecular flexibility index (Phi) is 4.83. The fourth-order valence-electron chi connectivity index (χ4n) is 2.49. The minimum Gasteiger partial charge on any atom is -0.318 e. The lowest BCUT2D eigenvalue weighted by Crippen LogP contribution is -2.25. The minimum absolute atomic E-state index is 0.0812. The third-order valence-corrected chi connectivity index (χ3v) is 4.36. The average Bonchev–Trinajstić information content (AvgIpc) is 2.85. The Hall–Kier alpha value is -2.69.